The van der Waals surface area contributed by atoms with Crippen LogP contribution in [-0.4, -0.2) is 40.1 Å². The van der Waals surface area contributed by atoms with Crippen LogP contribution >= 0.6 is 11.8 Å². The molecule has 1 aromatic heterocycles. The van der Waals surface area contributed by atoms with Gasteiger partial charge in [0.25, 0.3) is 0 Å². The lowest BCUT2D eigenvalue weighted by Crippen LogP contribution is -2.08. The van der Waals surface area contributed by atoms with Crippen molar-refractivity contribution in [3.05, 3.63) is 54.1 Å². The first-order chi connectivity index (χ1) is 12.7. The summed E-state index contributed by atoms with van der Waals surface area (Å²) in [6.07, 6.45) is 0. The predicted molar refractivity (Wildman–Crippen MR) is 101 cm³/mol. The Labute approximate surface area is 155 Å². The number of benzene rings is 2. The van der Waals surface area contributed by atoms with Crippen LogP contribution in [0.4, 0.5) is 0 Å². The van der Waals surface area contributed by atoms with E-state index in [1.165, 1.54) is 11.8 Å². The van der Waals surface area contributed by atoms with E-state index in [2.05, 4.69) is 4.98 Å². The molecule has 0 unspecified atom stereocenters. The number of imidazole rings is 1. The number of carboxylic acid groups (broad SMARTS) is 1. The first-order valence-electron chi connectivity index (χ1n) is 8.18. The van der Waals surface area contributed by atoms with Crippen LogP contribution in [0, 0.1) is 0 Å². The van der Waals surface area contributed by atoms with Gasteiger partial charge < -0.3 is 19.1 Å². The molecule has 0 amide bonds. The van der Waals surface area contributed by atoms with Crippen LogP contribution in [0.25, 0.3) is 11.0 Å². The third-order valence-corrected chi connectivity index (χ3v) is 4.79. The number of aliphatic carboxylic acids is 1. The Morgan fingerprint density at radius 1 is 1.19 bits per heavy atom. The first-order valence-corrected chi connectivity index (χ1v) is 9.16. The Morgan fingerprint density at radius 2 is 1.96 bits per heavy atom. The lowest BCUT2D eigenvalue weighted by Gasteiger charge is -2.09. The van der Waals surface area contributed by atoms with Gasteiger partial charge in [0.1, 0.15) is 5.75 Å². The van der Waals surface area contributed by atoms with Crippen molar-refractivity contribution >= 4 is 28.8 Å². The molecular weight excluding hydrogens is 352 g/mol. The number of ether oxygens (including phenoxy) is 2. The van der Waals surface area contributed by atoms with Gasteiger partial charge >= 0.3 is 5.97 Å². The summed E-state index contributed by atoms with van der Waals surface area (Å²) in [6, 6.07) is 15.5. The van der Waals surface area contributed by atoms with E-state index in [1.54, 1.807) is 7.11 Å². The van der Waals surface area contributed by atoms with Gasteiger partial charge in [-0.1, -0.05) is 36.0 Å². The maximum atomic E-state index is 10.9. The standard InChI is InChI=1S/C19H20N2O4S/c1-24-15-8-6-14(7-9-15)12-25-11-10-21-17-5-3-2-4-16(17)20-19(21)26-13-18(22)23/h2-9H,10-13H2,1H3,(H,22,23). The van der Waals surface area contributed by atoms with Crippen LogP contribution in [0.15, 0.2) is 53.7 Å². The van der Waals surface area contributed by atoms with Gasteiger partial charge in [-0.05, 0) is 29.8 Å². The van der Waals surface area contributed by atoms with E-state index in [4.69, 9.17) is 14.6 Å². The van der Waals surface area contributed by atoms with Crippen molar-refractivity contribution in [2.45, 2.75) is 18.3 Å². The fraction of sp³-hybridized carbons (Fsp3) is 0.263. The van der Waals surface area contributed by atoms with Crippen molar-refractivity contribution < 1.29 is 19.4 Å². The Hall–Kier alpha value is -2.51. The normalized spacial score (nSPS) is 11.0. The van der Waals surface area contributed by atoms with Crippen LogP contribution in [0.5, 0.6) is 5.75 Å². The summed E-state index contributed by atoms with van der Waals surface area (Å²) >= 11 is 1.22. The Morgan fingerprint density at radius 3 is 2.69 bits per heavy atom. The second-order valence-electron chi connectivity index (χ2n) is 5.62. The first kappa shape index (κ1) is 18.3. The minimum absolute atomic E-state index is 0.0178. The molecule has 0 saturated carbocycles. The topological polar surface area (TPSA) is 73.6 Å². The van der Waals surface area contributed by atoms with E-state index in [1.807, 2.05) is 53.1 Å². The third-order valence-electron chi connectivity index (χ3n) is 3.83. The van der Waals surface area contributed by atoms with E-state index in [0.717, 1.165) is 22.3 Å². The number of para-hydroxylation sites is 2. The van der Waals surface area contributed by atoms with Gasteiger partial charge in [-0.2, -0.15) is 0 Å². The molecule has 0 aliphatic rings. The second-order valence-corrected chi connectivity index (χ2v) is 6.56. The van der Waals surface area contributed by atoms with Gasteiger partial charge in [-0.3, -0.25) is 4.79 Å². The third kappa shape index (κ3) is 4.56. The zero-order chi connectivity index (χ0) is 18.4. The molecule has 7 heteroatoms. The molecule has 1 N–H and O–H groups in total. The van der Waals surface area contributed by atoms with Gasteiger partial charge in [0.2, 0.25) is 0 Å². The van der Waals surface area contributed by atoms with Crippen molar-refractivity contribution in [1.82, 2.24) is 9.55 Å². The molecule has 0 radical (unpaired) electrons. The molecular formula is C19H20N2O4S. The highest BCUT2D eigenvalue weighted by atomic mass is 32.2. The molecule has 0 spiro atoms. The Balaban J connectivity index is 1.63. The molecule has 0 fully saturated rings. The fourth-order valence-electron chi connectivity index (χ4n) is 2.57. The zero-order valence-electron chi connectivity index (χ0n) is 14.4. The summed E-state index contributed by atoms with van der Waals surface area (Å²) in [6.45, 7) is 1.62. The quantitative estimate of drug-likeness (QED) is 0.458. The van der Waals surface area contributed by atoms with E-state index in [9.17, 15) is 4.79 Å². The summed E-state index contributed by atoms with van der Waals surface area (Å²) in [5.41, 5.74) is 2.91. The summed E-state index contributed by atoms with van der Waals surface area (Å²) in [5, 5.41) is 9.62. The maximum Gasteiger partial charge on any atom is 0.313 e. The average molecular weight is 372 g/mol. The molecule has 3 aromatic rings. The molecule has 136 valence electrons. The highest BCUT2D eigenvalue weighted by molar-refractivity contribution is 7.99. The van der Waals surface area contributed by atoms with Crippen LogP contribution < -0.4 is 4.74 Å². The smallest absolute Gasteiger partial charge is 0.313 e. The Kier molecular flexibility index (Phi) is 6.14. The molecule has 0 atom stereocenters. The van der Waals surface area contributed by atoms with Crippen LogP contribution in [0.1, 0.15) is 5.56 Å². The van der Waals surface area contributed by atoms with E-state index >= 15 is 0 Å². The number of hydrogen-bond acceptors (Lipinski definition) is 5. The van der Waals surface area contributed by atoms with E-state index < -0.39 is 5.97 Å². The van der Waals surface area contributed by atoms with Crippen molar-refractivity contribution in [3.8, 4) is 5.75 Å². The number of fused-ring (bicyclic) bond motifs is 1. The molecule has 0 aliphatic heterocycles. The molecule has 6 nitrogen and oxygen atoms in total. The summed E-state index contributed by atoms with van der Waals surface area (Å²) in [5.74, 6) is -0.0566. The zero-order valence-corrected chi connectivity index (χ0v) is 15.2. The fourth-order valence-corrected chi connectivity index (χ4v) is 3.33. The highest BCUT2D eigenvalue weighted by Gasteiger charge is 2.12. The number of aromatic nitrogens is 2. The number of nitrogens with zero attached hydrogens (tertiary/aromatic N) is 2. The molecule has 0 saturated heterocycles. The monoisotopic (exact) mass is 372 g/mol. The second kappa shape index (κ2) is 8.73. The van der Waals surface area contributed by atoms with Gasteiger partial charge in [-0.25, -0.2) is 4.98 Å². The minimum Gasteiger partial charge on any atom is -0.497 e. The minimum atomic E-state index is -0.857. The molecule has 1 heterocycles. The number of methoxy groups -OCH3 is 1. The number of rotatable bonds is 9. The molecule has 3 rings (SSSR count). The molecule has 0 aliphatic carbocycles. The Bertz CT molecular complexity index is 877. The predicted octanol–water partition coefficient (Wildman–Crippen LogP) is 3.44. The molecule has 0 bridgehead atoms. The van der Waals surface area contributed by atoms with E-state index in [0.29, 0.717) is 24.9 Å². The summed E-state index contributed by atoms with van der Waals surface area (Å²) in [7, 11) is 1.64. The lowest BCUT2D eigenvalue weighted by molar-refractivity contribution is -0.133. The van der Waals surface area contributed by atoms with Crippen LogP contribution in [0.3, 0.4) is 0 Å². The number of hydrogen-bond donors (Lipinski definition) is 1. The largest absolute Gasteiger partial charge is 0.497 e. The van der Waals surface area contributed by atoms with Crippen molar-refractivity contribution in [2.75, 3.05) is 19.5 Å². The van der Waals surface area contributed by atoms with Crippen LogP contribution in [-0.2, 0) is 22.7 Å². The molecule has 2 aromatic carbocycles. The molecule has 26 heavy (non-hydrogen) atoms. The highest BCUT2D eigenvalue weighted by Crippen LogP contribution is 2.24. The summed E-state index contributed by atoms with van der Waals surface area (Å²) in [4.78, 5) is 15.4. The average Bonchev–Trinajstić information content (AvgIpc) is 3.01. The van der Waals surface area contributed by atoms with Crippen molar-refractivity contribution in [1.29, 1.82) is 0 Å². The number of carboxylic acids is 1. The lowest BCUT2D eigenvalue weighted by atomic mass is 10.2. The van der Waals surface area contributed by atoms with Gasteiger partial charge in [-0.15, -0.1) is 0 Å². The number of thioether (sulfide) groups is 1. The van der Waals surface area contributed by atoms with Crippen LogP contribution in [0.2, 0.25) is 0 Å². The van der Waals surface area contributed by atoms with Crippen molar-refractivity contribution in [3.63, 3.8) is 0 Å². The maximum absolute atomic E-state index is 10.9. The number of carbonyl (C=O) groups is 1. The van der Waals surface area contributed by atoms with Gasteiger partial charge in [0.05, 0.1) is 37.1 Å². The SMILES string of the molecule is COc1ccc(COCCn2c(SCC(=O)O)nc3ccccc32)cc1. The van der Waals surface area contributed by atoms with Crippen molar-refractivity contribution in [2.24, 2.45) is 0 Å². The van der Waals surface area contributed by atoms with Gasteiger partial charge in [0, 0.05) is 6.54 Å². The van der Waals surface area contributed by atoms with E-state index in [-0.39, 0.29) is 5.75 Å². The summed E-state index contributed by atoms with van der Waals surface area (Å²) < 4.78 is 12.9. The van der Waals surface area contributed by atoms with Gasteiger partial charge in [0.15, 0.2) is 5.16 Å².